The molecule has 16 heavy (non-hydrogen) atoms. The molecule has 1 aromatic rings. The molecule has 88 valence electrons. The first-order valence-electron chi connectivity index (χ1n) is 5.04. The van der Waals surface area contributed by atoms with Crippen LogP contribution < -0.4 is 0 Å². The largest absolute Gasteiger partial charge is 0.234 e. The molecule has 0 fully saturated rings. The average Bonchev–Trinajstić information content (AvgIpc) is 2.17. The van der Waals surface area contributed by atoms with Crippen LogP contribution in [0.5, 0.6) is 0 Å². The molecule has 1 atom stereocenters. The summed E-state index contributed by atoms with van der Waals surface area (Å²) in [6.45, 7) is 7.37. The fraction of sp³-hybridized carbons (Fsp3) is 0.417. The molecule has 0 aromatic heterocycles. The highest BCUT2D eigenvalue weighted by atomic mass is 32.2. The van der Waals surface area contributed by atoms with Crippen molar-refractivity contribution in [3.05, 3.63) is 35.6 Å². The standard InChI is InChI=1S/C12H16FNOS/c1-9(14-16(15)12(2,3)4)10-5-7-11(13)8-6-10/h5-8H,1-4H3/b14-9+. The van der Waals surface area contributed by atoms with Crippen molar-refractivity contribution in [1.82, 2.24) is 0 Å². The normalized spacial score (nSPS) is 14.9. The smallest absolute Gasteiger partial charge is 0.145 e. The van der Waals surface area contributed by atoms with Gasteiger partial charge in [0.25, 0.3) is 0 Å². The fourth-order valence-corrected chi connectivity index (χ4v) is 1.63. The Bertz CT molecular complexity index is 418. The number of nitrogens with zero attached hydrogens (tertiary/aromatic N) is 1. The van der Waals surface area contributed by atoms with Crippen molar-refractivity contribution in [3.8, 4) is 0 Å². The fourth-order valence-electron chi connectivity index (χ4n) is 1.01. The maximum Gasteiger partial charge on any atom is 0.145 e. The van der Waals surface area contributed by atoms with Gasteiger partial charge >= 0.3 is 0 Å². The van der Waals surface area contributed by atoms with E-state index in [-0.39, 0.29) is 10.6 Å². The lowest BCUT2D eigenvalue weighted by Gasteiger charge is -2.14. The number of halogens is 1. The molecular formula is C12H16FNOS. The van der Waals surface area contributed by atoms with Gasteiger partial charge in [0, 0.05) is 0 Å². The highest BCUT2D eigenvalue weighted by Crippen LogP contribution is 2.14. The summed E-state index contributed by atoms with van der Waals surface area (Å²) in [5.74, 6) is -0.284. The molecule has 0 spiro atoms. The monoisotopic (exact) mass is 241 g/mol. The van der Waals surface area contributed by atoms with Crippen LogP contribution in [0.1, 0.15) is 33.3 Å². The SMILES string of the molecule is C/C(=N\S(=O)C(C)(C)C)c1ccc(F)cc1. The van der Waals surface area contributed by atoms with Crippen LogP contribution in [0.3, 0.4) is 0 Å². The van der Waals surface area contributed by atoms with Gasteiger partial charge < -0.3 is 0 Å². The van der Waals surface area contributed by atoms with Crippen LogP contribution in [0.25, 0.3) is 0 Å². The van der Waals surface area contributed by atoms with Crippen LogP contribution >= 0.6 is 0 Å². The van der Waals surface area contributed by atoms with Gasteiger partial charge in [-0.25, -0.2) is 8.60 Å². The first kappa shape index (κ1) is 13.0. The molecule has 0 radical (unpaired) electrons. The van der Waals surface area contributed by atoms with E-state index in [1.54, 1.807) is 19.1 Å². The number of rotatable bonds is 2. The van der Waals surface area contributed by atoms with E-state index in [4.69, 9.17) is 0 Å². The third-order valence-electron chi connectivity index (χ3n) is 2.01. The summed E-state index contributed by atoms with van der Waals surface area (Å²) in [5.41, 5.74) is 1.45. The Labute approximate surface area is 98.2 Å². The van der Waals surface area contributed by atoms with Gasteiger partial charge in [0.15, 0.2) is 0 Å². The highest BCUT2D eigenvalue weighted by molar-refractivity contribution is 7.85. The van der Waals surface area contributed by atoms with E-state index in [1.807, 2.05) is 20.8 Å². The second-order valence-corrected chi connectivity index (χ2v) is 6.45. The molecule has 0 saturated carbocycles. The van der Waals surface area contributed by atoms with Gasteiger partial charge in [0.1, 0.15) is 16.8 Å². The van der Waals surface area contributed by atoms with E-state index < -0.39 is 11.0 Å². The molecule has 0 amide bonds. The number of benzene rings is 1. The molecule has 0 N–H and O–H groups in total. The maximum absolute atomic E-state index is 12.7. The first-order chi connectivity index (χ1) is 7.30. The average molecular weight is 241 g/mol. The van der Waals surface area contributed by atoms with Gasteiger partial charge in [-0.15, -0.1) is 0 Å². The minimum absolute atomic E-state index is 0.284. The quantitative estimate of drug-likeness (QED) is 0.732. The second-order valence-electron chi connectivity index (χ2n) is 4.55. The van der Waals surface area contributed by atoms with Gasteiger partial charge in [-0.3, -0.25) is 0 Å². The molecule has 0 bridgehead atoms. The Morgan fingerprint density at radius 1 is 1.25 bits per heavy atom. The Morgan fingerprint density at radius 3 is 2.19 bits per heavy atom. The summed E-state index contributed by atoms with van der Waals surface area (Å²) < 4.78 is 28.2. The minimum atomic E-state index is -1.28. The Hall–Kier alpha value is -1.03. The minimum Gasteiger partial charge on any atom is -0.234 e. The lowest BCUT2D eigenvalue weighted by Crippen LogP contribution is -2.20. The van der Waals surface area contributed by atoms with Crippen LogP contribution in [0.4, 0.5) is 4.39 Å². The topological polar surface area (TPSA) is 29.4 Å². The lowest BCUT2D eigenvalue weighted by atomic mass is 10.1. The molecule has 1 unspecified atom stereocenters. The Balaban J connectivity index is 2.94. The zero-order valence-electron chi connectivity index (χ0n) is 9.95. The van der Waals surface area contributed by atoms with Crippen LogP contribution in [-0.2, 0) is 11.0 Å². The first-order valence-corrected chi connectivity index (χ1v) is 6.14. The molecule has 0 heterocycles. The van der Waals surface area contributed by atoms with Gasteiger partial charge in [-0.1, -0.05) is 12.1 Å². The van der Waals surface area contributed by atoms with Gasteiger partial charge in [0.05, 0.1) is 10.5 Å². The predicted molar refractivity (Wildman–Crippen MR) is 66.5 cm³/mol. The van der Waals surface area contributed by atoms with Crippen LogP contribution in [0.15, 0.2) is 28.7 Å². The van der Waals surface area contributed by atoms with E-state index in [0.717, 1.165) is 5.56 Å². The summed E-state index contributed by atoms with van der Waals surface area (Å²) in [7, 11) is -1.28. The van der Waals surface area contributed by atoms with Crippen LogP contribution in [0, 0.1) is 5.82 Å². The van der Waals surface area contributed by atoms with Gasteiger partial charge in [-0.05, 0) is 45.4 Å². The second kappa shape index (κ2) is 4.87. The zero-order valence-corrected chi connectivity index (χ0v) is 10.8. The highest BCUT2D eigenvalue weighted by Gasteiger charge is 2.19. The zero-order chi connectivity index (χ0) is 12.3. The van der Waals surface area contributed by atoms with Crippen molar-refractivity contribution in [2.24, 2.45) is 4.40 Å². The molecule has 2 nitrogen and oxygen atoms in total. The Kier molecular flexibility index (Phi) is 3.97. The molecule has 0 aliphatic rings. The summed E-state index contributed by atoms with van der Waals surface area (Å²) in [4.78, 5) is 0. The van der Waals surface area contributed by atoms with Crippen LogP contribution in [0.2, 0.25) is 0 Å². The summed E-state index contributed by atoms with van der Waals surface area (Å²) in [5, 5.41) is 0. The number of hydrogen-bond acceptors (Lipinski definition) is 1. The van der Waals surface area contributed by atoms with E-state index >= 15 is 0 Å². The van der Waals surface area contributed by atoms with Gasteiger partial charge in [0.2, 0.25) is 0 Å². The summed E-state index contributed by atoms with van der Waals surface area (Å²) >= 11 is 0. The summed E-state index contributed by atoms with van der Waals surface area (Å²) in [6, 6.07) is 6.00. The third-order valence-corrected chi connectivity index (χ3v) is 3.49. The molecule has 0 saturated heterocycles. The lowest BCUT2D eigenvalue weighted by molar-refractivity contribution is 0.628. The van der Waals surface area contributed by atoms with E-state index in [0.29, 0.717) is 5.71 Å². The maximum atomic E-state index is 12.7. The van der Waals surface area contributed by atoms with Crippen molar-refractivity contribution >= 4 is 16.7 Å². The molecule has 4 heteroatoms. The van der Waals surface area contributed by atoms with Crippen molar-refractivity contribution in [3.63, 3.8) is 0 Å². The van der Waals surface area contributed by atoms with Crippen molar-refractivity contribution in [1.29, 1.82) is 0 Å². The molecule has 1 aromatic carbocycles. The Morgan fingerprint density at radius 2 is 1.75 bits per heavy atom. The molecular weight excluding hydrogens is 225 g/mol. The van der Waals surface area contributed by atoms with Crippen molar-refractivity contribution in [2.45, 2.75) is 32.4 Å². The van der Waals surface area contributed by atoms with E-state index in [9.17, 15) is 8.60 Å². The van der Waals surface area contributed by atoms with Crippen molar-refractivity contribution < 1.29 is 8.60 Å². The van der Waals surface area contributed by atoms with Gasteiger partial charge in [-0.2, -0.15) is 4.40 Å². The summed E-state index contributed by atoms with van der Waals surface area (Å²) in [6.07, 6.45) is 0. The van der Waals surface area contributed by atoms with Crippen molar-refractivity contribution in [2.75, 3.05) is 0 Å². The number of hydrogen-bond donors (Lipinski definition) is 0. The predicted octanol–water partition coefficient (Wildman–Crippen LogP) is 3.10. The van der Waals surface area contributed by atoms with Crippen LogP contribution in [-0.4, -0.2) is 14.7 Å². The van der Waals surface area contributed by atoms with E-state index in [2.05, 4.69) is 4.40 Å². The molecule has 0 aliphatic heterocycles. The molecule has 0 aliphatic carbocycles. The third kappa shape index (κ3) is 3.52. The molecule has 1 rings (SSSR count). The van der Waals surface area contributed by atoms with E-state index in [1.165, 1.54) is 12.1 Å².